The zero-order chi connectivity index (χ0) is 19.2. The van der Waals surface area contributed by atoms with Gasteiger partial charge in [-0.05, 0) is 42.8 Å². The first-order valence-electron chi connectivity index (χ1n) is 8.40. The van der Waals surface area contributed by atoms with Crippen molar-refractivity contribution >= 4 is 28.4 Å². The number of rotatable bonds is 6. The lowest BCUT2D eigenvalue weighted by atomic mass is 10.2. The summed E-state index contributed by atoms with van der Waals surface area (Å²) >= 11 is 0. The number of urea groups is 1. The summed E-state index contributed by atoms with van der Waals surface area (Å²) in [5, 5.41) is 5.98. The summed E-state index contributed by atoms with van der Waals surface area (Å²) in [4.78, 5) is 28.9. The van der Waals surface area contributed by atoms with Crippen LogP contribution in [-0.4, -0.2) is 29.3 Å². The van der Waals surface area contributed by atoms with Gasteiger partial charge in [-0.15, -0.1) is 0 Å². The number of hydrogen-bond acceptors (Lipinski definition) is 4. The number of anilines is 2. The molecule has 0 bridgehead atoms. The fourth-order valence-electron chi connectivity index (χ4n) is 2.69. The highest BCUT2D eigenvalue weighted by molar-refractivity contribution is 6.04. The lowest BCUT2D eigenvalue weighted by molar-refractivity contribution is 0.190. The Morgan fingerprint density at radius 3 is 2.63 bits per heavy atom. The van der Waals surface area contributed by atoms with Crippen molar-refractivity contribution in [2.45, 2.75) is 13.0 Å². The molecule has 140 valence electrons. The van der Waals surface area contributed by atoms with Crippen LogP contribution in [0.25, 0.3) is 10.9 Å². The summed E-state index contributed by atoms with van der Waals surface area (Å²) in [6.45, 7) is 0.817. The summed E-state index contributed by atoms with van der Waals surface area (Å²) in [5.41, 5.74) is 0.463. The third-order valence-corrected chi connectivity index (χ3v) is 3.94. The van der Waals surface area contributed by atoms with Gasteiger partial charge in [0.05, 0.1) is 5.52 Å². The van der Waals surface area contributed by atoms with E-state index in [-0.39, 0.29) is 0 Å². The molecule has 7 nitrogen and oxygen atoms in total. The van der Waals surface area contributed by atoms with Gasteiger partial charge in [0.25, 0.3) is 0 Å². The molecule has 2 aromatic carbocycles. The maximum absolute atomic E-state index is 13.0. The topological polar surface area (TPSA) is 85.2 Å². The van der Waals surface area contributed by atoms with Gasteiger partial charge in [0.15, 0.2) is 0 Å². The van der Waals surface area contributed by atoms with Gasteiger partial charge < -0.3 is 10.1 Å². The summed E-state index contributed by atoms with van der Waals surface area (Å²) in [6, 6.07) is 11.9. The number of methoxy groups -OCH3 is 1. The van der Waals surface area contributed by atoms with Crippen LogP contribution in [0.5, 0.6) is 0 Å². The Kier molecular flexibility index (Phi) is 5.77. The van der Waals surface area contributed by atoms with E-state index in [1.807, 2.05) is 0 Å². The molecule has 0 atom stereocenters. The molecule has 0 saturated heterocycles. The van der Waals surface area contributed by atoms with Crippen LogP contribution < -0.4 is 16.3 Å². The number of amides is 2. The van der Waals surface area contributed by atoms with Crippen molar-refractivity contribution < 1.29 is 13.9 Å². The maximum atomic E-state index is 13.0. The highest BCUT2D eigenvalue weighted by atomic mass is 19.1. The number of ether oxygens (including phenoxy) is 1. The average Bonchev–Trinajstić information content (AvgIpc) is 2.66. The molecule has 0 unspecified atom stereocenters. The van der Waals surface area contributed by atoms with Crippen LogP contribution in [0, 0.1) is 5.82 Å². The third kappa shape index (κ3) is 4.48. The fourth-order valence-corrected chi connectivity index (χ4v) is 2.69. The van der Waals surface area contributed by atoms with Gasteiger partial charge >= 0.3 is 11.7 Å². The molecule has 1 aromatic heterocycles. The van der Waals surface area contributed by atoms with E-state index in [9.17, 15) is 14.0 Å². The van der Waals surface area contributed by atoms with E-state index in [1.165, 1.54) is 28.8 Å². The predicted molar refractivity (Wildman–Crippen MR) is 102 cm³/mol. The number of fused-ring (bicyclic) bond motifs is 1. The molecule has 8 heteroatoms. The van der Waals surface area contributed by atoms with Crippen LogP contribution in [-0.2, 0) is 11.3 Å². The first kappa shape index (κ1) is 18.5. The van der Waals surface area contributed by atoms with Crippen molar-refractivity contribution in [2.75, 3.05) is 24.4 Å². The van der Waals surface area contributed by atoms with Crippen molar-refractivity contribution in [3.63, 3.8) is 0 Å². The van der Waals surface area contributed by atoms with Crippen molar-refractivity contribution in [1.82, 2.24) is 9.55 Å². The number of para-hydroxylation sites is 1. The molecule has 0 saturated carbocycles. The van der Waals surface area contributed by atoms with Crippen LogP contribution in [0.3, 0.4) is 0 Å². The number of nitrogens with zero attached hydrogens (tertiary/aromatic N) is 2. The minimum Gasteiger partial charge on any atom is -0.385 e. The van der Waals surface area contributed by atoms with Gasteiger partial charge in [0.1, 0.15) is 11.6 Å². The Bertz CT molecular complexity index is 1000. The Morgan fingerprint density at radius 2 is 1.89 bits per heavy atom. The lowest BCUT2D eigenvalue weighted by Crippen LogP contribution is -2.30. The molecule has 3 rings (SSSR count). The standard InChI is InChI=1S/C19H19FN4O3/c1-27-12-4-11-24-17(15-5-2-3-6-16(15)22-19(24)26)23-18(25)21-14-9-7-13(20)8-10-14/h2-3,5-10H,4,11-12H2,1H3,(H2,21,23,25). The zero-order valence-electron chi connectivity index (χ0n) is 14.7. The molecule has 27 heavy (non-hydrogen) atoms. The zero-order valence-corrected chi connectivity index (χ0v) is 14.7. The second-order valence-corrected chi connectivity index (χ2v) is 5.84. The van der Waals surface area contributed by atoms with E-state index in [0.717, 1.165) is 0 Å². The van der Waals surface area contributed by atoms with Gasteiger partial charge in [-0.25, -0.2) is 14.0 Å². The molecule has 0 radical (unpaired) electrons. The number of carbonyl (C=O) groups is 1. The smallest absolute Gasteiger partial charge is 0.349 e. The van der Waals surface area contributed by atoms with E-state index in [0.29, 0.717) is 42.0 Å². The highest BCUT2D eigenvalue weighted by Gasteiger charge is 2.14. The molecule has 1 heterocycles. The second-order valence-electron chi connectivity index (χ2n) is 5.84. The van der Waals surface area contributed by atoms with Gasteiger partial charge in [0, 0.05) is 31.3 Å². The first-order chi connectivity index (χ1) is 13.1. The van der Waals surface area contributed by atoms with Crippen molar-refractivity contribution in [2.24, 2.45) is 0 Å². The first-order valence-corrected chi connectivity index (χ1v) is 8.40. The quantitative estimate of drug-likeness (QED) is 0.653. The molecule has 0 spiro atoms. The summed E-state index contributed by atoms with van der Waals surface area (Å²) < 4.78 is 19.4. The fraction of sp³-hybridized carbons (Fsp3) is 0.211. The molecule has 2 N–H and O–H groups in total. The average molecular weight is 370 g/mol. The molecule has 0 aliphatic carbocycles. The van der Waals surface area contributed by atoms with E-state index < -0.39 is 17.5 Å². The van der Waals surface area contributed by atoms with E-state index in [4.69, 9.17) is 4.74 Å². The molecule has 0 aliphatic heterocycles. The van der Waals surface area contributed by atoms with Gasteiger partial charge in [0.2, 0.25) is 0 Å². The SMILES string of the molecule is COCCCn1c(NC(=O)Nc2ccc(F)cc2)c2ccccc2nc1=O. The number of benzene rings is 2. The van der Waals surface area contributed by atoms with Gasteiger partial charge in [-0.1, -0.05) is 12.1 Å². The van der Waals surface area contributed by atoms with E-state index in [1.54, 1.807) is 31.4 Å². The maximum Gasteiger partial charge on any atom is 0.349 e. The molecule has 0 aliphatic rings. The molecule has 0 fully saturated rings. The van der Waals surface area contributed by atoms with Crippen molar-refractivity contribution in [3.8, 4) is 0 Å². The Labute approximate surface area is 154 Å². The van der Waals surface area contributed by atoms with Crippen LogP contribution in [0.15, 0.2) is 53.3 Å². The number of carbonyl (C=O) groups excluding carboxylic acids is 1. The van der Waals surface area contributed by atoms with Crippen LogP contribution >= 0.6 is 0 Å². The number of aromatic nitrogens is 2. The monoisotopic (exact) mass is 370 g/mol. The minimum atomic E-state index is -0.544. The predicted octanol–water partition coefficient (Wildman–Crippen LogP) is 3.22. The van der Waals surface area contributed by atoms with Gasteiger partial charge in [-0.2, -0.15) is 4.98 Å². The molecular formula is C19H19FN4O3. The van der Waals surface area contributed by atoms with E-state index >= 15 is 0 Å². The molecule has 2 amide bonds. The van der Waals surface area contributed by atoms with Crippen LogP contribution in [0.4, 0.5) is 20.7 Å². The van der Waals surface area contributed by atoms with Crippen LogP contribution in [0.1, 0.15) is 6.42 Å². The number of nitrogens with one attached hydrogen (secondary N) is 2. The second kappa shape index (κ2) is 8.41. The van der Waals surface area contributed by atoms with Gasteiger partial charge in [-0.3, -0.25) is 9.88 Å². The van der Waals surface area contributed by atoms with E-state index in [2.05, 4.69) is 15.6 Å². The Hall–Kier alpha value is -3.26. The number of halogens is 1. The van der Waals surface area contributed by atoms with Crippen LogP contribution in [0.2, 0.25) is 0 Å². The summed E-state index contributed by atoms with van der Waals surface area (Å²) in [7, 11) is 1.58. The highest BCUT2D eigenvalue weighted by Crippen LogP contribution is 2.20. The normalized spacial score (nSPS) is 10.7. The third-order valence-electron chi connectivity index (χ3n) is 3.94. The minimum absolute atomic E-state index is 0.344. The lowest BCUT2D eigenvalue weighted by Gasteiger charge is -2.16. The van der Waals surface area contributed by atoms with Crippen molar-refractivity contribution in [3.05, 3.63) is 64.8 Å². The largest absolute Gasteiger partial charge is 0.385 e. The summed E-state index contributed by atoms with van der Waals surface area (Å²) in [6.07, 6.45) is 0.588. The van der Waals surface area contributed by atoms with Crippen molar-refractivity contribution in [1.29, 1.82) is 0 Å². The Morgan fingerprint density at radius 1 is 1.15 bits per heavy atom. The molecule has 3 aromatic rings. The Balaban J connectivity index is 1.92. The number of hydrogen-bond donors (Lipinski definition) is 2. The molecular weight excluding hydrogens is 351 g/mol. The summed E-state index contributed by atoms with van der Waals surface area (Å²) in [5.74, 6) is -0.0469.